The van der Waals surface area contributed by atoms with E-state index in [4.69, 9.17) is 0 Å². The Bertz CT molecular complexity index is 790. The second-order valence-corrected chi connectivity index (χ2v) is 6.42. The number of imidazole rings is 1. The van der Waals surface area contributed by atoms with E-state index in [1.165, 1.54) is 0 Å². The average Bonchev–Trinajstić information content (AvgIpc) is 3.05. The van der Waals surface area contributed by atoms with Gasteiger partial charge in [-0.25, -0.2) is 4.98 Å². The molecule has 0 atom stereocenters. The molecule has 0 aliphatic heterocycles. The molecule has 0 bridgehead atoms. The molecule has 1 amide bonds. The van der Waals surface area contributed by atoms with Gasteiger partial charge in [-0.2, -0.15) is 0 Å². The number of hydrogen-bond donors (Lipinski definition) is 1. The van der Waals surface area contributed by atoms with Gasteiger partial charge in [0, 0.05) is 23.5 Å². The third kappa shape index (κ3) is 2.87. The van der Waals surface area contributed by atoms with Gasteiger partial charge in [0.1, 0.15) is 0 Å². The Kier molecular flexibility index (Phi) is 3.94. The predicted molar refractivity (Wildman–Crippen MR) is 87.3 cm³/mol. The van der Waals surface area contributed by atoms with Crippen molar-refractivity contribution in [1.82, 2.24) is 19.7 Å². The molecule has 0 radical (unpaired) electrons. The number of pyridine rings is 1. The smallest absolute Gasteiger partial charge is 0.253 e. The van der Waals surface area contributed by atoms with E-state index < -0.39 is 0 Å². The monoisotopic (exact) mass is 314 g/mol. The van der Waals surface area contributed by atoms with Crippen molar-refractivity contribution in [2.45, 2.75) is 33.2 Å². The normalized spacial score (nSPS) is 11.3. The van der Waals surface area contributed by atoms with Crippen molar-refractivity contribution >= 4 is 22.2 Å². The van der Waals surface area contributed by atoms with Crippen molar-refractivity contribution in [2.24, 2.45) is 0 Å². The van der Waals surface area contributed by atoms with Gasteiger partial charge in [-0.15, -0.1) is 11.3 Å². The lowest BCUT2D eigenvalue weighted by atomic mass is 10.0. The summed E-state index contributed by atoms with van der Waals surface area (Å²) in [6, 6.07) is 3.71. The zero-order chi connectivity index (χ0) is 15.7. The van der Waals surface area contributed by atoms with Crippen LogP contribution in [0.4, 0.5) is 0 Å². The number of thiazole rings is 1. The van der Waals surface area contributed by atoms with Crippen molar-refractivity contribution in [2.75, 3.05) is 0 Å². The Morgan fingerprint density at radius 2 is 2.18 bits per heavy atom. The predicted octanol–water partition coefficient (Wildman–Crippen LogP) is 3.15. The van der Waals surface area contributed by atoms with Gasteiger partial charge in [0.05, 0.1) is 23.5 Å². The summed E-state index contributed by atoms with van der Waals surface area (Å²) in [6.07, 6.45) is 3.89. The van der Waals surface area contributed by atoms with Gasteiger partial charge in [0.25, 0.3) is 5.91 Å². The maximum atomic E-state index is 12.4. The summed E-state index contributed by atoms with van der Waals surface area (Å²) in [5.41, 5.74) is 3.26. The van der Waals surface area contributed by atoms with Gasteiger partial charge in [0.15, 0.2) is 4.96 Å². The molecule has 0 aliphatic rings. The third-order valence-electron chi connectivity index (χ3n) is 3.43. The lowest BCUT2D eigenvalue weighted by Gasteiger charge is -2.12. The standard InChI is InChI=1S/C16H18N4OS/c1-10(2)14-13(5-4-11(3)18-14)15(21)17-8-12-9-20-6-7-22-16(20)19-12/h4-7,9-10H,8H2,1-3H3,(H,17,21). The van der Waals surface area contributed by atoms with Gasteiger partial charge in [-0.05, 0) is 25.0 Å². The molecule has 0 unspecified atom stereocenters. The summed E-state index contributed by atoms with van der Waals surface area (Å²) in [7, 11) is 0. The van der Waals surface area contributed by atoms with Crippen molar-refractivity contribution in [1.29, 1.82) is 0 Å². The number of aromatic nitrogens is 3. The van der Waals surface area contributed by atoms with Crippen LogP contribution in [0, 0.1) is 6.92 Å². The first kappa shape index (κ1) is 14.7. The summed E-state index contributed by atoms with van der Waals surface area (Å²) in [6.45, 7) is 6.44. The van der Waals surface area contributed by atoms with Gasteiger partial charge in [-0.3, -0.25) is 14.2 Å². The molecule has 1 N–H and O–H groups in total. The number of amides is 1. The Morgan fingerprint density at radius 3 is 2.91 bits per heavy atom. The summed E-state index contributed by atoms with van der Waals surface area (Å²) >= 11 is 1.58. The molecule has 0 aliphatic carbocycles. The number of nitrogens with zero attached hydrogens (tertiary/aromatic N) is 3. The van der Waals surface area contributed by atoms with Crippen molar-refractivity contribution in [3.63, 3.8) is 0 Å². The molecular formula is C16H18N4OS. The summed E-state index contributed by atoms with van der Waals surface area (Å²) < 4.78 is 1.96. The fraction of sp³-hybridized carbons (Fsp3) is 0.312. The lowest BCUT2D eigenvalue weighted by molar-refractivity contribution is 0.0948. The molecule has 22 heavy (non-hydrogen) atoms. The fourth-order valence-electron chi connectivity index (χ4n) is 2.34. The number of hydrogen-bond acceptors (Lipinski definition) is 4. The SMILES string of the molecule is Cc1ccc(C(=O)NCc2cn3ccsc3n2)c(C(C)C)n1. The highest BCUT2D eigenvalue weighted by Crippen LogP contribution is 2.18. The molecule has 0 spiro atoms. The van der Waals surface area contributed by atoms with Gasteiger partial charge in [0.2, 0.25) is 0 Å². The summed E-state index contributed by atoms with van der Waals surface area (Å²) in [5, 5.41) is 4.91. The van der Waals surface area contributed by atoms with Crippen LogP contribution in [0.2, 0.25) is 0 Å². The van der Waals surface area contributed by atoms with E-state index in [0.717, 1.165) is 22.0 Å². The van der Waals surface area contributed by atoms with E-state index in [1.807, 2.05) is 55.1 Å². The molecule has 0 saturated carbocycles. The van der Waals surface area contributed by atoms with Crippen LogP contribution in [0.1, 0.15) is 47.2 Å². The quantitative estimate of drug-likeness (QED) is 0.805. The first-order valence-corrected chi connectivity index (χ1v) is 8.09. The third-order valence-corrected chi connectivity index (χ3v) is 4.20. The van der Waals surface area contributed by atoms with E-state index >= 15 is 0 Å². The Hall–Kier alpha value is -2.21. The molecule has 3 aromatic heterocycles. The minimum absolute atomic E-state index is 0.104. The molecule has 3 rings (SSSR count). The Morgan fingerprint density at radius 1 is 1.36 bits per heavy atom. The zero-order valence-electron chi connectivity index (χ0n) is 12.8. The topological polar surface area (TPSA) is 59.3 Å². The highest BCUT2D eigenvalue weighted by atomic mass is 32.1. The van der Waals surface area contributed by atoms with Crippen LogP contribution in [0.15, 0.2) is 29.9 Å². The largest absolute Gasteiger partial charge is 0.346 e. The van der Waals surface area contributed by atoms with Crippen LogP contribution >= 0.6 is 11.3 Å². The van der Waals surface area contributed by atoms with Crippen LogP contribution in [0.5, 0.6) is 0 Å². The van der Waals surface area contributed by atoms with E-state index in [9.17, 15) is 4.79 Å². The maximum absolute atomic E-state index is 12.4. The zero-order valence-corrected chi connectivity index (χ0v) is 13.6. The Balaban J connectivity index is 1.75. The van der Waals surface area contributed by atoms with E-state index in [1.54, 1.807) is 11.3 Å². The average molecular weight is 314 g/mol. The molecule has 0 fully saturated rings. The van der Waals surface area contributed by atoms with Crippen LogP contribution in [0.25, 0.3) is 4.96 Å². The van der Waals surface area contributed by atoms with E-state index in [0.29, 0.717) is 12.1 Å². The number of carbonyl (C=O) groups is 1. The second-order valence-electron chi connectivity index (χ2n) is 5.55. The van der Waals surface area contributed by atoms with Crippen LogP contribution in [0.3, 0.4) is 0 Å². The second kappa shape index (κ2) is 5.88. The number of fused-ring (bicyclic) bond motifs is 1. The molecule has 3 heterocycles. The molecule has 6 heteroatoms. The molecule has 0 saturated heterocycles. The first-order valence-electron chi connectivity index (χ1n) is 7.21. The number of rotatable bonds is 4. The van der Waals surface area contributed by atoms with Crippen molar-refractivity contribution in [3.05, 3.63) is 52.6 Å². The fourth-order valence-corrected chi connectivity index (χ4v) is 3.06. The molecule has 0 aromatic carbocycles. The summed E-state index contributed by atoms with van der Waals surface area (Å²) in [4.78, 5) is 22.3. The van der Waals surface area contributed by atoms with Crippen molar-refractivity contribution < 1.29 is 4.79 Å². The first-order chi connectivity index (χ1) is 10.5. The highest BCUT2D eigenvalue weighted by molar-refractivity contribution is 7.15. The van der Waals surface area contributed by atoms with Crippen LogP contribution < -0.4 is 5.32 Å². The molecule has 5 nitrogen and oxygen atoms in total. The van der Waals surface area contributed by atoms with Crippen LogP contribution in [-0.4, -0.2) is 20.3 Å². The van der Waals surface area contributed by atoms with E-state index in [2.05, 4.69) is 15.3 Å². The number of carbonyl (C=O) groups excluding carboxylic acids is 1. The maximum Gasteiger partial charge on any atom is 0.253 e. The molecule has 3 aromatic rings. The number of aryl methyl sites for hydroxylation is 1. The molecule has 114 valence electrons. The van der Waals surface area contributed by atoms with Gasteiger partial charge >= 0.3 is 0 Å². The Labute approximate surface area is 133 Å². The van der Waals surface area contributed by atoms with Crippen LogP contribution in [-0.2, 0) is 6.54 Å². The highest BCUT2D eigenvalue weighted by Gasteiger charge is 2.15. The summed E-state index contributed by atoms with van der Waals surface area (Å²) in [5.74, 6) is 0.103. The minimum atomic E-state index is -0.104. The minimum Gasteiger partial charge on any atom is -0.346 e. The lowest BCUT2D eigenvalue weighted by Crippen LogP contribution is -2.25. The number of nitrogens with one attached hydrogen (secondary N) is 1. The van der Waals surface area contributed by atoms with Gasteiger partial charge < -0.3 is 5.32 Å². The molecular weight excluding hydrogens is 296 g/mol. The van der Waals surface area contributed by atoms with E-state index in [-0.39, 0.29) is 11.8 Å². The van der Waals surface area contributed by atoms with Crippen molar-refractivity contribution in [3.8, 4) is 0 Å². The van der Waals surface area contributed by atoms with Gasteiger partial charge in [-0.1, -0.05) is 13.8 Å².